The number of nitrogens with one attached hydrogen (secondary N) is 2. The number of carbonyl (C=O) groups excluding carboxylic acids is 1. The molecule has 0 heterocycles. The van der Waals surface area contributed by atoms with E-state index in [1.807, 2.05) is 42.5 Å². The van der Waals surface area contributed by atoms with Gasteiger partial charge in [-0.1, -0.05) is 42.5 Å². The Labute approximate surface area is 125 Å². The lowest BCUT2D eigenvalue weighted by molar-refractivity contribution is 0.194. The normalized spacial score (nSPS) is 10.1. The van der Waals surface area contributed by atoms with Gasteiger partial charge in [0.1, 0.15) is 0 Å². The van der Waals surface area contributed by atoms with E-state index in [4.69, 9.17) is 4.74 Å². The van der Waals surface area contributed by atoms with Crippen molar-refractivity contribution in [3.05, 3.63) is 54.6 Å². The number of carbonyl (C=O) groups is 1. The molecule has 0 bridgehead atoms. The minimum absolute atomic E-state index is 0.196. The molecule has 110 valence electrons. The predicted octanol–water partition coefficient (Wildman–Crippen LogP) is 3.51. The molecule has 0 aliphatic rings. The Kier molecular flexibility index (Phi) is 5.79. The van der Waals surface area contributed by atoms with E-state index in [0.29, 0.717) is 13.2 Å². The third-order valence-electron chi connectivity index (χ3n) is 3.06. The van der Waals surface area contributed by atoms with Gasteiger partial charge < -0.3 is 15.4 Å². The average molecular weight is 284 g/mol. The number of anilines is 1. The van der Waals surface area contributed by atoms with Gasteiger partial charge in [-0.3, -0.25) is 0 Å². The summed E-state index contributed by atoms with van der Waals surface area (Å²) in [5.74, 6) is 0. The Morgan fingerprint density at radius 3 is 2.33 bits per heavy atom. The number of hydrogen-bond donors (Lipinski definition) is 2. The van der Waals surface area contributed by atoms with Gasteiger partial charge in [-0.2, -0.15) is 0 Å². The van der Waals surface area contributed by atoms with Crippen molar-refractivity contribution in [3.63, 3.8) is 0 Å². The van der Waals surface area contributed by atoms with Crippen LogP contribution in [0, 0.1) is 0 Å². The number of rotatable bonds is 6. The highest BCUT2D eigenvalue weighted by atomic mass is 16.5. The number of amides is 2. The highest BCUT2D eigenvalue weighted by molar-refractivity contribution is 5.89. The molecule has 4 heteroatoms. The molecule has 0 aliphatic heterocycles. The maximum absolute atomic E-state index is 11.7. The fourth-order valence-corrected chi connectivity index (χ4v) is 1.97. The summed E-state index contributed by atoms with van der Waals surface area (Å²) in [6, 6.07) is 17.7. The second-order valence-corrected chi connectivity index (χ2v) is 4.67. The zero-order valence-corrected chi connectivity index (χ0v) is 12.1. The van der Waals surface area contributed by atoms with Gasteiger partial charge in [0.25, 0.3) is 0 Å². The Bertz CT molecular complexity index is 553. The minimum atomic E-state index is -0.196. The molecule has 21 heavy (non-hydrogen) atoms. The molecule has 0 aromatic heterocycles. The first-order chi connectivity index (χ1) is 10.3. The Morgan fingerprint density at radius 2 is 1.67 bits per heavy atom. The van der Waals surface area contributed by atoms with E-state index in [0.717, 1.165) is 23.2 Å². The molecule has 0 atom stereocenters. The van der Waals surface area contributed by atoms with E-state index >= 15 is 0 Å². The fourth-order valence-electron chi connectivity index (χ4n) is 1.97. The van der Waals surface area contributed by atoms with Crippen LogP contribution in [0.4, 0.5) is 10.5 Å². The monoisotopic (exact) mass is 284 g/mol. The Morgan fingerprint density at radius 1 is 1.00 bits per heavy atom. The molecule has 2 aromatic carbocycles. The number of ether oxygens (including phenoxy) is 1. The molecule has 2 N–H and O–H groups in total. The van der Waals surface area contributed by atoms with Gasteiger partial charge in [0.15, 0.2) is 0 Å². The summed E-state index contributed by atoms with van der Waals surface area (Å²) < 4.78 is 4.93. The maximum atomic E-state index is 11.7. The summed E-state index contributed by atoms with van der Waals surface area (Å²) in [4.78, 5) is 11.7. The van der Waals surface area contributed by atoms with Crippen LogP contribution >= 0.6 is 0 Å². The zero-order chi connectivity index (χ0) is 14.9. The van der Waals surface area contributed by atoms with Gasteiger partial charge in [-0.15, -0.1) is 0 Å². The lowest BCUT2D eigenvalue weighted by Gasteiger charge is -2.08. The second-order valence-electron chi connectivity index (χ2n) is 4.67. The topological polar surface area (TPSA) is 50.4 Å². The first-order valence-electron chi connectivity index (χ1n) is 6.99. The number of urea groups is 1. The van der Waals surface area contributed by atoms with Crippen LogP contribution in [0.25, 0.3) is 11.1 Å². The third kappa shape index (κ3) is 4.93. The van der Waals surface area contributed by atoms with E-state index < -0.39 is 0 Å². The maximum Gasteiger partial charge on any atom is 0.319 e. The number of benzene rings is 2. The number of methoxy groups -OCH3 is 1. The predicted molar refractivity (Wildman–Crippen MR) is 85.4 cm³/mol. The van der Waals surface area contributed by atoms with Gasteiger partial charge in [0.05, 0.1) is 0 Å². The summed E-state index contributed by atoms with van der Waals surface area (Å²) in [7, 11) is 1.65. The van der Waals surface area contributed by atoms with Gasteiger partial charge in [0, 0.05) is 25.9 Å². The molecule has 2 amide bonds. The van der Waals surface area contributed by atoms with Crippen LogP contribution in [0.3, 0.4) is 0 Å². The summed E-state index contributed by atoms with van der Waals surface area (Å²) in [5, 5.41) is 5.59. The quantitative estimate of drug-likeness (QED) is 0.797. The fraction of sp³-hybridized carbons (Fsp3) is 0.235. The van der Waals surface area contributed by atoms with E-state index in [1.165, 1.54) is 0 Å². The molecule has 2 aromatic rings. The van der Waals surface area contributed by atoms with E-state index in [-0.39, 0.29) is 6.03 Å². The van der Waals surface area contributed by atoms with Crippen LogP contribution in [0.5, 0.6) is 0 Å². The van der Waals surface area contributed by atoms with Gasteiger partial charge in [-0.05, 0) is 29.7 Å². The van der Waals surface area contributed by atoms with Crippen molar-refractivity contribution in [2.75, 3.05) is 25.6 Å². The molecule has 0 saturated heterocycles. The first-order valence-corrected chi connectivity index (χ1v) is 6.99. The number of hydrogen-bond acceptors (Lipinski definition) is 2. The summed E-state index contributed by atoms with van der Waals surface area (Å²) in [6.45, 7) is 1.24. The minimum Gasteiger partial charge on any atom is -0.385 e. The Balaban J connectivity index is 1.86. The smallest absolute Gasteiger partial charge is 0.319 e. The molecule has 0 spiro atoms. The SMILES string of the molecule is COCCCNC(=O)Nc1ccc(-c2ccccc2)cc1. The molecule has 4 nitrogen and oxygen atoms in total. The third-order valence-corrected chi connectivity index (χ3v) is 3.06. The lowest BCUT2D eigenvalue weighted by atomic mass is 10.1. The van der Waals surface area contributed by atoms with Crippen molar-refractivity contribution in [1.82, 2.24) is 5.32 Å². The van der Waals surface area contributed by atoms with Crippen LogP contribution in [0.2, 0.25) is 0 Å². The van der Waals surface area contributed by atoms with Crippen molar-refractivity contribution in [3.8, 4) is 11.1 Å². The zero-order valence-electron chi connectivity index (χ0n) is 12.1. The van der Waals surface area contributed by atoms with Crippen LogP contribution in [0.15, 0.2) is 54.6 Å². The van der Waals surface area contributed by atoms with Crippen LogP contribution < -0.4 is 10.6 Å². The molecule has 0 fully saturated rings. The highest BCUT2D eigenvalue weighted by Gasteiger charge is 2.01. The van der Waals surface area contributed by atoms with Gasteiger partial charge in [-0.25, -0.2) is 4.79 Å². The second kappa shape index (κ2) is 8.07. The first kappa shape index (κ1) is 15.1. The molecule has 0 saturated carbocycles. The van der Waals surface area contributed by atoms with Crippen LogP contribution in [0.1, 0.15) is 6.42 Å². The molecular weight excluding hydrogens is 264 g/mol. The average Bonchev–Trinajstić information content (AvgIpc) is 2.53. The van der Waals surface area contributed by atoms with Gasteiger partial charge >= 0.3 is 6.03 Å². The highest BCUT2D eigenvalue weighted by Crippen LogP contribution is 2.20. The molecule has 2 rings (SSSR count). The lowest BCUT2D eigenvalue weighted by Crippen LogP contribution is -2.29. The molecule has 0 aliphatic carbocycles. The standard InChI is InChI=1S/C17H20N2O2/c1-21-13-5-12-18-17(20)19-16-10-8-15(9-11-16)14-6-3-2-4-7-14/h2-4,6-11H,5,12-13H2,1H3,(H2,18,19,20). The van der Waals surface area contributed by atoms with Gasteiger partial charge in [0.2, 0.25) is 0 Å². The summed E-state index contributed by atoms with van der Waals surface area (Å²) in [6.07, 6.45) is 0.802. The Hall–Kier alpha value is -2.33. The largest absolute Gasteiger partial charge is 0.385 e. The molecule has 0 radical (unpaired) electrons. The van der Waals surface area contributed by atoms with Crippen LogP contribution in [-0.2, 0) is 4.74 Å². The van der Waals surface area contributed by atoms with Crippen LogP contribution in [-0.4, -0.2) is 26.3 Å². The summed E-state index contributed by atoms with van der Waals surface area (Å²) >= 11 is 0. The van der Waals surface area contributed by atoms with Crippen molar-refractivity contribution < 1.29 is 9.53 Å². The molecular formula is C17H20N2O2. The van der Waals surface area contributed by atoms with E-state index in [2.05, 4.69) is 22.8 Å². The summed E-state index contributed by atoms with van der Waals surface area (Å²) in [5.41, 5.74) is 3.06. The van der Waals surface area contributed by atoms with Crippen molar-refractivity contribution in [1.29, 1.82) is 0 Å². The van der Waals surface area contributed by atoms with Crippen molar-refractivity contribution in [2.24, 2.45) is 0 Å². The van der Waals surface area contributed by atoms with E-state index in [9.17, 15) is 4.79 Å². The molecule has 0 unspecified atom stereocenters. The van der Waals surface area contributed by atoms with Crippen molar-refractivity contribution >= 4 is 11.7 Å². The van der Waals surface area contributed by atoms with Crippen molar-refractivity contribution in [2.45, 2.75) is 6.42 Å². The van der Waals surface area contributed by atoms with E-state index in [1.54, 1.807) is 7.11 Å².